The second-order valence-electron chi connectivity index (χ2n) is 11.5. The maximum atomic E-state index is 14.0. The highest BCUT2D eigenvalue weighted by Crippen LogP contribution is 2.31. The van der Waals surface area contributed by atoms with Gasteiger partial charge in [-0.2, -0.15) is 0 Å². The Morgan fingerprint density at radius 3 is 2.73 bits per heavy atom. The Balaban J connectivity index is 1.29. The predicted molar refractivity (Wildman–Crippen MR) is 163 cm³/mol. The summed E-state index contributed by atoms with van der Waals surface area (Å²) < 4.78 is 3.93. The molecule has 2 saturated heterocycles. The van der Waals surface area contributed by atoms with E-state index in [4.69, 9.17) is 4.98 Å². The van der Waals surface area contributed by atoms with Crippen LogP contribution in [-0.4, -0.2) is 76.8 Å². The Hall–Kier alpha value is -4.18. The number of aromatic nitrogens is 3. The summed E-state index contributed by atoms with van der Waals surface area (Å²) in [6.45, 7) is 4.07. The van der Waals surface area contributed by atoms with E-state index in [1.165, 1.54) is 6.42 Å². The number of nitrogens with zero attached hydrogens (tertiary/aromatic N) is 6. The molecule has 1 aromatic carbocycles. The minimum Gasteiger partial charge on any atom is -0.384 e. The molecule has 41 heavy (non-hydrogen) atoms. The van der Waals surface area contributed by atoms with Crippen LogP contribution in [0.1, 0.15) is 36.0 Å². The van der Waals surface area contributed by atoms with Crippen LogP contribution < -0.4 is 21.0 Å². The zero-order valence-electron chi connectivity index (χ0n) is 23.6. The van der Waals surface area contributed by atoms with Gasteiger partial charge in [-0.1, -0.05) is 12.1 Å². The van der Waals surface area contributed by atoms with E-state index in [1.54, 1.807) is 0 Å². The van der Waals surface area contributed by atoms with Gasteiger partial charge in [0.15, 0.2) is 5.65 Å². The highest BCUT2D eigenvalue weighted by atomic mass is 16.2. The number of aliphatic imine (C=N–C) groups is 1. The van der Waals surface area contributed by atoms with E-state index >= 15 is 0 Å². The number of likely N-dealkylation sites (tertiary alicyclic amines) is 1. The molecule has 0 aliphatic carbocycles. The molecule has 10 nitrogen and oxygen atoms in total. The largest absolute Gasteiger partial charge is 0.384 e. The van der Waals surface area contributed by atoms with Gasteiger partial charge in [-0.15, -0.1) is 0 Å². The van der Waals surface area contributed by atoms with E-state index in [9.17, 15) is 9.59 Å². The number of benzene rings is 1. The first-order chi connectivity index (χ1) is 20.0. The number of nitrogens with one attached hydrogen (secondary N) is 2. The van der Waals surface area contributed by atoms with Crippen LogP contribution in [0.15, 0.2) is 58.1 Å². The van der Waals surface area contributed by atoms with Gasteiger partial charge in [0.05, 0.1) is 22.1 Å². The third kappa shape index (κ3) is 4.37. The van der Waals surface area contributed by atoms with Gasteiger partial charge in [-0.3, -0.25) is 19.0 Å². The fourth-order valence-electron chi connectivity index (χ4n) is 6.83. The van der Waals surface area contributed by atoms with Crippen molar-refractivity contribution in [2.45, 2.75) is 31.7 Å². The number of para-hydroxylation sites is 2. The zero-order chi connectivity index (χ0) is 28.1. The van der Waals surface area contributed by atoms with Crippen molar-refractivity contribution in [3.63, 3.8) is 0 Å². The average molecular weight is 553 g/mol. The highest BCUT2D eigenvalue weighted by Gasteiger charge is 2.29. The van der Waals surface area contributed by atoms with Crippen LogP contribution >= 0.6 is 0 Å². The Morgan fingerprint density at radius 2 is 1.95 bits per heavy atom. The molecule has 0 spiro atoms. The molecule has 3 aliphatic heterocycles. The fraction of sp³-hybridized carbons (Fsp3) is 0.419. The Kier molecular flexibility index (Phi) is 6.50. The lowest BCUT2D eigenvalue weighted by atomic mass is 10.1. The van der Waals surface area contributed by atoms with Gasteiger partial charge in [0, 0.05) is 57.6 Å². The van der Waals surface area contributed by atoms with Crippen LogP contribution in [0.4, 0.5) is 5.82 Å². The van der Waals surface area contributed by atoms with Crippen molar-refractivity contribution in [1.82, 2.24) is 29.5 Å². The topological polar surface area (TPSA) is 99.3 Å². The van der Waals surface area contributed by atoms with Crippen molar-refractivity contribution in [2.24, 2.45) is 18.0 Å². The molecule has 4 aromatic rings. The molecule has 6 heterocycles. The van der Waals surface area contributed by atoms with E-state index in [-0.39, 0.29) is 16.9 Å². The van der Waals surface area contributed by atoms with Gasteiger partial charge in [-0.25, -0.2) is 4.98 Å². The van der Waals surface area contributed by atoms with Crippen molar-refractivity contribution < 1.29 is 4.79 Å². The van der Waals surface area contributed by atoms with Crippen LogP contribution in [0.3, 0.4) is 0 Å². The van der Waals surface area contributed by atoms with Crippen LogP contribution in [-0.2, 0) is 7.05 Å². The second kappa shape index (κ2) is 10.3. The first-order valence-electron chi connectivity index (χ1n) is 14.6. The molecule has 212 valence electrons. The number of rotatable bonds is 6. The monoisotopic (exact) mass is 552 g/mol. The molecule has 0 saturated carbocycles. The minimum atomic E-state index is -0.331. The molecule has 2 unspecified atom stereocenters. The summed E-state index contributed by atoms with van der Waals surface area (Å²) in [6, 6.07) is 12.2. The molecule has 0 bridgehead atoms. The zero-order valence-corrected chi connectivity index (χ0v) is 23.6. The summed E-state index contributed by atoms with van der Waals surface area (Å²) in [6.07, 6.45) is 8.12. The molecule has 1 amide bonds. The van der Waals surface area contributed by atoms with Crippen molar-refractivity contribution in [2.75, 3.05) is 44.7 Å². The van der Waals surface area contributed by atoms with Crippen molar-refractivity contribution >= 4 is 45.7 Å². The summed E-state index contributed by atoms with van der Waals surface area (Å²) in [5.41, 5.74) is 3.94. The standard InChI is InChI=1S/C31H36N8O2/c1-36-16-5-6-21(36)11-13-34-30(41)27-28(40)22-9-10-26(38-17-12-20(19-38)23-18-32-14-15-33-23)35-29(22)39-25-8-4-3-7-24(25)37(2)31(27)39/h3-4,7-10,15,18,20-21,32H,5-6,11-14,16-17,19H2,1-2H3,(H,34,41). The number of pyridine rings is 2. The number of fused-ring (bicyclic) bond motifs is 5. The molecule has 3 aliphatic rings. The molecule has 3 aromatic heterocycles. The SMILES string of the molecule is CN1CCCC1CCNC(=O)c1c(=O)c2ccc(N3CCC(C4=CNCC=N4)C3)nc2n2c3ccccc3n(C)c12. The quantitative estimate of drug-likeness (QED) is 0.382. The van der Waals surface area contributed by atoms with Gasteiger partial charge < -0.3 is 25.0 Å². The van der Waals surface area contributed by atoms with Crippen LogP contribution in [0.5, 0.6) is 0 Å². The highest BCUT2D eigenvalue weighted by molar-refractivity contribution is 6.05. The Labute approximate surface area is 238 Å². The number of hydrogen-bond acceptors (Lipinski definition) is 7. The average Bonchev–Trinajstić information content (AvgIpc) is 3.72. The molecule has 7 rings (SSSR count). The molecule has 10 heteroatoms. The van der Waals surface area contributed by atoms with Gasteiger partial charge in [0.25, 0.3) is 5.91 Å². The van der Waals surface area contributed by atoms with Gasteiger partial charge in [-0.05, 0) is 63.5 Å². The Morgan fingerprint density at radius 1 is 1.10 bits per heavy atom. The summed E-state index contributed by atoms with van der Waals surface area (Å²) in [5, 5.41) is 6.77. The molecular formula is C31H36N8O2. The number of hydrogen-bond donors (Lipinski definition) is 2. The Bertz CT molecular complexity index is 1780. The van der Waals surface area contributed by atoms with Gasteiger partial charge >= 0.3 is 0 Å². The van der Waals surface area contributed by atoms with E-state index in [2.05, 4.69) is 32.5 Å². The van der Waals surface area contributed by atoms with Crippen molar-refractivity contribution in [3.8, 4) is 0 Å². The lowest BCUT2D eigenvalue weighted by Gasteiger charge is -2.20. The van der Waals surface area contributed by atoms with E-state index < -0.39 is 0 Å². The number of aryl methyl sites for hydroxylation is 1. The number of amides is 1. The third-order valence-corrected chi connectivity index (χ3v) is 9.07. The third-order valence-electron chi connectivity index (χ3n) is 9.07. The molecule has 2 fully saturated rings. The summed E-state index contributed by atoms with van der Waals surface area (Å²) in [4.78, 5) is 41.9. The maximum Gasteiger partial charge on any atom is 0.259 e. The van der Waals surface area contributed by atoms with Crippen LogP contribution in [0.25, 0.3) is 27.7 Å². The lowest BCUT2D eigenvalue weighted by Crippen LogP contribution is -2.34. The summed E-state index contributed by atoms with van der Waals surface area (Å²) >= 11 is 0. The van der Waals surface area contributed by atoms with Gasteiger partial charge in [0.2, 0.25) is 5.43 Å². The second-order valence-corrected chi connectivity index (χ2v) is 11.5. The summed E-state index contributed by atoms with van der Waals surface area (Å²) in [7, 11) is 4.05. The van der Waals surface area contributed by atoms with E-state index in [1.807, 2.05) is 64.8 Å². The minimum absolute atomic E-state index is 0.168. The van der Waals surface area contributed by atoms with E-state index in [0.717, 1.165) is 68.0 Å². The summed E-state index contributed by atoms with van der Waals surface area (Å²) in [5.74, 6) is 0.821. The lowest BCUT2D eigenvalue weighted by molar-refractivity contribution is 0.0950. The number of carbonyl (C=O) groups is 1. The number of imidazole rings is 1. The van der Waals surface area contributed by atoms with Crippen molar-refractivity contribution in [1.29, 1.82) is 0 Å². The normalized spacial score (nSPS) is 21.2. The molecule has 2 atom stereocenters. The first kappa shape index (κ1) is 25.8. The molecular weight excluding hydrogens is 516 g/mol. The molecule has 2 N–H and O–H groups in total. The fourth-order valence-corrected chi connectivity index (χ4v) is 6.83. The van der Waals surface area contributed by atoms with Crippen LogP contribution in [0, 0.1) is 5.92 Å². The van der Waals surface area contributed by atoms with Gasteiger partial charge in [0.1, 0.15) is 17.0 Å². The molecule has 0 radical (unpaired) electrons. The first-order valence-corrected chi connectivity index (χ1v) is 14.6. The van der Waals surface area contributed by atoms with Crippen LogP contribution in [0.2, 0.25) is 0 Å². The number of carbonyl (C=O) groups excluding carboxylic acids is 1. The maximum absolute atomic E-state index is 14.0. The number of anilines is 1. The van der Waals surface area contributed by atoms with Crippen molar-refractivity contribution in [3.05, 3.63) is 64.1 Å². The van der Waals surface area contributed by atoms with E-state index in [0.29, 0.717) is 35.2 Å². The smallest absolute Gasteiger partial charge is 0.259 e. The predicted octanol–water partition coefficient (Wildman–Crippen LogP) is 2.90.